The second kappa shape index (κ2) is 7.49. The van der Waals surface area contributed by atoms with Crippen LogP contribution in [0.3, 0.4) is 0 Å². The summed E-state index contributed by atoms with van der Waals surface area (Å²) in [5.74, 6) is 0. The van der Waals surface area contributed by atoms with E-state index in [4.69, 9.17) is 4.74 Å². The Morgan fingerprint density at radius 3 is 2.19 bits per heavy atom. The molecule has 16 heavy (non-hydrogen) atoms. The number of rotatable bonds is 1. The van der Waals surface area contributed by atoms with Crippen LogP contribution in [0.1, 0.15) is 47.5 Å². The molecule has 0 unspecified atom stereocenters. The van der Waals surface area contributed by atoms with Crippen LogP contribution in [0.4, 0.5) is 4.79 Å². The minimum Gasteiger partial charge on any atom is -0.444 e. The number of carbonyl (C=O) groups is 1. The molecular weight excluding hydrogens is 204 g/mol. The van der Waals surface area contributed by atoms with Gasteiger partial charge in [-0.05, 0) is 46.7 Å². The molecule has 1 aliphatic rings. The molecule has 2 N–H and O–H groups in total. The predicted octanol–water partition coefficient (Wildman–Crippen LogP) is 2.29. The van der Waals surface area contributed by atoms with E-state index in [2.05, 4.69) is 10.6 Å². The molecule has 0 aromatic carbocycles. The van der Waals surface area contributed by atoms with E-state index in [1.54, 1.807) is 0 Å². The van der Waals surface area contributed by atoms with Crippen LogP contribution in [0.15, 0.2) is 0 Å². The lowest BCUT2D eigenvalue weighted by atomic mass is 10.1. The maximum absolute atomic E-state index is 11.4. The fraction of sp³-hybridized carbons (Fsp3) is 0.917. The highest BCUT2D eigenvalue weighted by atomic mass is 16.6. The van der Waals surface area contributed by atoms with Gasteiger partial charge in [-0.1, -0.05) is 13.8 Å². The van der Waals surface area contributed by atoms with Gasteiger partial charge in [0.15, 0.2) is 0 Å². The molecule has 1 rings (SSSR count). The fourth-order valence-electron chi connectivity index (χ4n) is 1.44. The van der Waals surface area contributed by atoms with Gasteiger partial charge in [-0.15, -0.1) is 0 Å². The summed E-state index contributed by atoms with van der Waals surface area (Å²) in [6.45, 7) is 11.6. The summed E-state index contributed by atoms with van der Waals surface area (Å²) in [4.78, 5) is 11.4. The molecule has 4 nitrogen and oxygen atoms in total. The highest BCUT2D eigenvalue weighted by Crippen LogP contribution is 2.08. The highest BCUT2D eigenvalue weighted by molar-refractivity contribution is 5.68. The van der Waals surface area contributed by atoms with E-state index in [1.165, 1.54) is 0 Å². The molecule has 0 saturated carbocycles. The third-order valence-corrected chi connectivity index (χ3v) is 2.06. The zero-order chi connectivity index (χ0) is 12.6. The highest BCUT2D eigenvalue weighted by Gasteiger charge is 2.20. The SMILES string of the molecule is CC.CC(C)(C)OC(=O)NC1CCNCC1. The number of hydrogen-bond acceptors (Lipinski definition) is 3. The molecule has 96 valence electrons. The summed E-state index contributed by atoms with van der Waals surface area (Å²) in [7, 11) is 0. The topological polar surface area (TPSA) is 50.4 Å². The normalized spacial score (nSPS) is 17.1. The molecule has 0 bridgehead atoms. The van der Waals surface area contributed by atoms with E-state index in [-0.39, 0.29) is 12.1 Å². The molecule has 0 atom stereocenters. The minimum atomic E-state index is -0.406. The molecule has 0 spiro atoms. The summed E-state index contributed by atoms with van der Waals surface area (Å²) in [5, 5.41) is 6.12. The molecule has 0 aliphatic carbocycles. The lowest BCUT2D eigenvalue weighted by Crippen LogP contribution is -2.44. The smallest absolute Gasteiger partial charge is 0.407 e. The van der Waals surface area contributed by atoms with Gasteiger partial charge >= 0.3 is 6.09 Å². The monoisotopic (exact) mass is 230 g/mol. The fourth-order valence-corrected chi connectivity index (χ4v) is 1.44. The number of hydrogen-bond donors (Lipinski definition) is 2. The number of piperidine rings is 1. The Bertz CT molecular complexity index is 194. The van der Waals surface area contributed by atoms with E-state index >= 15 is 0 Å². The van der Waals surface area contributed by atoms with Crippen LogP contribution in [0.5, 0.6) is 0 Å². The van der Waals surface area contributed by atoms with Gasteiger partial charge in [-0.2, -0.15) is 0 Å². The molecule has 1 heterocycles. The van der Waals surface area contributed by atoms with Crippen LogP contribution < -0.4 is 10.6 Å². The first-order valence-electron chi connectivity index (χ1n) is 6.17. The van der Waals surface area contributed by atoms with Crippen molar-refractivity contribution in [2.75, 3.05) is 13.1 Å². The Kier molecular flexibility index (Phi) is 7.13. The van der Waals surface area contributed by atoms with Gasteiger partial charge in [-0.25, -0.2) is 4.79 Å². The Morgan fingerprint density at radius 1 is 1.25 bits per heavy atom. The van der Waals surface area contributed by atoms with Gasteiger partial charge in [0, 0.05) is 6.04 Å². The first-order valence-corrected chi connectivity index (χ1v) is 6.17. The predicted molar refractivity (Wildman–Crippen MR) is 66.6 cm³/mol. The van der Waals surface area contributed by atoms with E-state index in [1.807, 2.05) is 34.6 Å². The molecule has 0 radical (unpaired) electrons. The first-order chi connectivity index (χ1) is 7.47. The van der Waals surface area contributed by atoms with E-state index in [0.29, 0.717) is 0 Å². The second-order valence-corrected chi connectivity index (χ2v) is 4.67. The summed E-state index contributed by atoms with van der Waals surface area (Å²) in [5.41, 5.74) is -0.406. The van der Waals surface area contributed by atoms with Gasteiger partial charge in [0.2, 0.25) is 0 Å². The van der Waals surface area contributed by atoms with E-state index in [0.717, 1.165) is 25.9 Å². The molecule has 1 aliphatic heterocycles. The third-order valence-electron chi connectivity index (χ3n) is 2.06. The van der Waals surface area contributed by atoms with Crippen LogP contribution in [-0.2, 0) is 4.74 Å². The maximum atomic E-state index is 11.4. The molecule has 0 aromatic heterocycles. The van der Waals surface area contributed by atoms with Gasteiger partial charge in [0.25, 0.3) is 0 Å². The average molecular weight is 230 g/mol. The van der Waals surface area contributed by atoms with Crippen molar-refractivity contribution in [3.63, 3.8) is 0 Å². The van der Waals surface area contributed by atoms with Gasteiger partial charge in [0.05, 0.1) is 0 Å². The number of ether oxygens (including phenoxy) is 1. The molecular formula is C12H26N2O2. The Hall–Kier alpha value is -0.770. The van der Waals surface area contributed by atoms with Crippen molar-refractivity contribution in [2.24, 2.45) is 0 Å². The van der Waals surface area contributed by atoms with Gasteiger partial charge < -0.3 is 15.4 Å². The van der Waals surface area contributed by atoms with E-state index < -0.39 is 5.60 Å². The van der Waals surface area contributed by atoms with Crippen LogP contribution in [-0.4, -0.2) is 30.8 Å². The molecule has 1 amide bonds. The van der Waals surface area contributed by atoms with Gasteiger partial charge in [0.1, 0.15) is 5.60 Å². The average Bonchev–Trinajstić information content (AvgIpc) is 2.19. The Labute approximate surface area is 99.1 Å². The van der Waals surface area contributed by atoms with Crippen LogP contribution in [0.25, 0.3) is 0 Å². The third kappa shape index (κ3) is 7.51. The molecule has 1 saturated heterocycles. The maximum Gasteiger partial charge on any atom is 0.407 e. The van der Waals surface area contributed by atoms with E-state index in [9.17, 15) is 4.79 Å². The summed E-state index contributed by atoms with van der Waals surface area (Å²) in [6.07, 6.45) is 1.67. The Morgan fingerprint density at radius 2 is 1.75 bits per heavy atom. The van der Waals surface area contributed by atoms with Crippen LogP contribution >= 0.6 is 0 Å². The lowest BCUT2D eigenvalue weighted by molar-refractivity contribution is 0.0495. The van der Waals surface area contributed by atoms with Crippen molar-refractivity contribution in [2.45, 2.75) is 59.1 Å². The first kappa shape index (κ1) is 15.2. The summed E-state index contributed by atoms with van der Waals surface area (Å²) in [6, 6.07) is 0.270. The van der Waals surface area contributed by atoms with Crippen molar-refractivity contribution in [1.29, 1.82) is 0 Å². The quantitative estimate of drug-likeness (QED) is 0.726. The summed E-state index contributed by atoms with van der Waals surface area (Å²) >= 11 is 0. The Balaban J connectivity index is 0.00000106. The van der Waals surface area contributed by atoms with Crippen molar-refractivity contribution >= 4 is 6.09 Å². The largest absolute Gasteiger partial charge is 0.444 e. The number of carbonyl (C=O) groups excluding carboxylic acids is 1. The zero-order valence-corrected chi connectivity index (χ0v) is 11.2. The number of amides is 1. The van der Waals surface area contributed by atoms with Crippen LogP contribution in [0.2, 0.25) is 0 Å². The minimum absolute atomic E-state index is 0.270. The molecule has 4 heteroatoms. The van der Waals surface area contributed by atoms with Crippen molar-refractivity contribution < 1.29 is 9.53 Å². The molecule has 0 aromatic rings. The second-order valence-electron chi connectivity index (χ2n) is 4.67. The van der Waals surface area contributed by atoms with Crippen molar-refractivity contribution in [1.82, 2.24) is 10.6 Å². The number of nitrogens with one attached hydrogen (secondary N) is 2. The van der Waals surface area contributed by atoms with Crippen molar-refractivity contribution in [3.05, 3.63) is 0 Å². The standard InChI is InChI=1S/C10H20N2O2.C2H6/c1-10(2,3)14-9(13)12-8-4-6-11-7-5-8;1-2/h8,11H,4-7H2,1-3H3,(H,12,13);1-2H3. The lowest BCUT2D eigenvalue weighted by Gasteiger charge is -2.26. The van der Waals surface area contributed by atoms with Gasteiger partial charge in [-0.3, -0.25) is 0 Å². The molecule has 1 fully saturated rings. The summed E-state index contributed by atoms with van der Waals surface area (Å²) < 4.78 is 5.17. The van der Waals surface area contributed by atoms with Crippen molar-refractivity contribution in [3.8, 4) is 0 Å². The zero-order valence-electron chi connectivity index (χ0n) is 11.2. The number of alkyl carbamates (subject to hydrolysis) is 1. The van der Waals surface area contributed by atoms with Crippen LogP contribution in [0, 0.1) is 0 Å².